The molecule has 12 heteroatoms. The number of benzene rings is 2. The molecule has 0 saturated carbocycles. The Morgan fingerprint density at radius 2 is 1.71 bits per heavy atom. The van der Waals surface area contributed by atoms with Crippen LogP contribution < -0.4 is 9.62 Å². The molecule has 0 spiro atoms. The lowest BCUT2D eigenvalue weighted by atomic mass is 10.1. The predicted molar refractivity (Wildman–Crippen MR) is 133 cm³/mol. The molecule has 0 bridgehead atoms. The second kappa shape index (κ2) is 12.0. The van der Waals surface area contributed by atoms with E-state index in [1.54, 1.807) is 19.1 Å². The molecule has 2 amide bonds. The van der Waals surface area contributed by atoms with E-state index < -0.39 is 46.1 Å². The highest BCUT2D eigenvalue weighted by Gasteiger charge is 2.31. The molecular formula is C23H27Cl2F2N3O4S. The molecular weight excluding hydrogens is 523 g/mol. The fourth-order valence-electron chi connectivity index (χ4n) is 3.14. The van der Waals surface area contributed by atoms with Crippen molar-refractivity contribution < 1.29 is 26.8 Å². The Balaban J connectivity index is 2.44. The zero-order valence-electron chi connectivity index (χ0n) is 19.7. The predicted octanol–water partition coefficient (Wildman–Crippen LogP) is 4.37. The normalized spacial score (nSPS) is 13.1. The van der Waals surface area contributed by atoms with E-state index in [0.717, 1.165) is 18.4 Å². The van der Waals surface area contributed by atoms with E-state index in [4.69, 9.17) is 23.2 Å². The summed E-state index contributed by atoms with van der Waals surface area (Å²) in [5.41, 5.74) is 0.243. The van der Waals surface area contributed by atoms with Crippen LogP contribution in [0.15, 0.2) is 36.4 Å². The lowest BCUT2D eigenvalue weighted by Crippen LogP contribution is -2.52. The van der Waals surface area contributed by atoms with Gasteiger partial charge in [0.2, 0.25) is 21.8 Å². The van der Waals surface area contributed by atoms with Crippen molar-refractivity contribution in [2.45, 2.75) is 45.8 Å². The molecule has 0 unspecified atom stereocenters. The van der Waals surface area contributed by atoms with Crippen LogP contribution in [0.2, 0.25) is 10.0 Å². The van der Waals surface area contributed by atoms with Crippen molar-refractivity contribution in [3.05, 3.63) is 63.6 Å². The number of hydrogen-bond donors (Lipinski definition) is 1. The summed E-state index contributed by atoms with van der Waals surface area (Å²) in [4.78, 5) is 27.4. The van der Waals surface area contributed by atoms with Crippen molar-refractivity contribution in [2.24, 2.45) is 0 Å². The van der Waals surface area contributed by atoms with Crippen molar-refractivity contribution >= 4 is 50.7 Å². The molecule has 35 heavy (non-hydrogen) atoms. The van der Waals surface area contributed by atoms with Gasteiger partial charge in [-0.1, -0.05) is 36.2 Å². The quantitative estimate of drug-likeness (QED) is 0.476. The number of carbonyl (C=O) groups excluding carboxylic acids is 2. The second-order valence-corrected chi connectivity index (χ2v) is 10.9. The summed E-state index contributed by atoms with van der Waals surface area (Å²) in [5.74, 6) is -3.63. The molecule has 0 fully saturated rings. The first-order valence-corrected chi connectivity index (χ1v) is 13.3. The molecule has 7 nitrogen and oxygen atoms in total. The maximum Gasteiger partial charge on any atom is 0.244 e. The topological polar surface area (TPSA) is 86.8 Å². The van der Waals surface area contributed by atoms with Gasteiger partial charge in [0.1, 0.15) is 12.6 Å². The van der Waals surface area contributed by atoms with Gasteiger partial charge in [-0.15, -0.1) is 0 Å². The van der Waals surface area contributed by atoms with Crippen molar-refractivity contribution in [3.63, 3.8) is 0 Å². The zero-order chi connectivity index (χ0) is 26.5. The van der Waals surface area contributed by atoms with Crippen molar-refractivity contribution in [2.75, 3.05) is 17.1 Å². The summed E-state index contributed by atoms with van der Waals surface area (Å²) >= 11 is 12.2. The van der Waals surface area contributed by atoms with Crippen LogP contribution in [0, 0.1) is 11.6 Å². The molecule has 0 aliphatic heterocycles. The largest absolute Gasteiger partial charge is 0.352 e. The molecule has 0 aromatic heterocycles. The summed E-state index contributed by atoms with van der Waals surface area (Å²) in [6, 6.07) is 5.98. The minimum atomic E-state index is -4.08. The zero-order valence-corrected chi connectivity index (χ0v) is 22.0. The molecule has 2 atom stereocenters. The molecule has 0 aliphatic carbocycles. The van der Waals surface area contributed by atoms with Crippen LogP contribution in [-0.4, -0.2) is 50.0 Å². The minimum Gasteiger partial charge on any atom is -0.352 e. The number of nitrogens with zero attached hydrogens (tertiary/aromatic N) is 2. The fourth-order valence-corrected chi connectivity index (χ4v) is 4.45. The van der Waals surface area contributed by atoms with E-state index >= 15 is 0 Å². The number of sulfonamides is 1. The molecule has 1 N–H and O–H groups in total. The number of nitrogens with one attached hydrogen (secondary N) is 1. The standard InChI is InChI=1S/C23H27Cl2F2N3O4S/c1-5-14(2)28-23(32)15(3)29(12-16-6-7-17(24)10-19(16)25)22(31)13-30(35(4,33)34)18-8-9-20(26)21(27)11-18/h6-11,14-15H,5,12-13H2,1-4H3,(H,28,32)/t14-,15+/m1/s1. The molecule has 192 valence electrons. The number of amides is 2. The first-order valence-electron chi connectivity index (χ1n) is 10.7. The van der Waals surface area contributed by atoms with Gasteiger partial charge in [0.15, 0.2) is 11.6 Å². The summed E-state index contributed by atoms with van der Waals surface area (Å²) in [6.45, 7) is 4.32. The smallest absolute Gasteiger partial charge is 0.244 e. The lowest BCUT2D eigenvalue weighted by Gasteiger charge is -2.32. The van der Waals surface area contributed by atoms with E-state index in [1.807, 2.05) is 6.92 Å². The second-order valence-electron chi connectivity index (χ2n) is 8.12. The Kier molecular flexibility index (Phi) is 9.88. The maximum atomic E-state index is 13.8. The third kappa shape index (κ3) is 7.78. The van der Waals surface area contributed by atoms with Crippen LogP contribution in [0.25, 0.3) is 0 Å². The van der Waals surface area contributed by atoms with Gasteiger partial charge in [0.25, 0.3) is 0 Å². The van der Waals surface area contributed by atoms with E-state index in [-0.39, 0.29) is 23.3 Å². The number of anilines is 1. The SMILES string of the molecule is CC[C@@H](C)NC(=O)[C@H](C)N(Cc1ccc(Cl)cc1Cl)C(=O)CN(c1ccc(F)c(F)c1)S(C)(=O)=O. The van der Waals surface area contributed by atoms with Crippen LogP contribution in [0.5, 0.6) is 0 Å². The van der Waals surface area contributed by atoms with Gasteiger partial charge in [-0.25, -0.2) is 17.2 Å². The van der Waals surface area contributed by atoms with Gasteiger partial charge in [-0.05, 0) is 50.1 Å². The number of halogens is 4. The van der Waals surface area contributed by atoms with E-state index in [1.165, 1.54) is 17.9 Å². The first kappa shape index (κ1) is 28.8. The van der Waals surface area contributed by atoms with Gasteiger partial charge in [-0.2, -0.15) is 0 Å². The van der Waals surface area contributed by atoms with Gasteiger partial charge in [0, 0.05) is 28.7 Å². The Labute approximate surface area is 214 Å². The van der Waals surface area contributed by atoms with Crippen LogP contribution in [-0.2, 0) is 26.2 Å². The lowest BCUT2D eigenvalue weighted by molar-refractivity contribution is -0.139. The van der Waals surface area contributed by atoms with Crippen LogP contribution in [0.3, 0.4) is 0 Å². The average Bonchev–Trinajstić information content (AvgIpc) is 2.77. The highest BCUT2D eigenvalue weighted by Crippen LogP contribution is 2.25. The van der Waals surface area contributed by atoms with Crippen molar-refractivity contribution in [1.29, 1.82) is 0 Å². The fraction of sp³-hybridized carbons (Fsp3) is 0.391. The van der Waals surface area contributed by atoms with Gasteiger partial charge < -0.3 is 10.2 Å². The van der Waals surface area contributed by atoms with E-state index in [2.05, 4.69) is 5.32 Å². The molecule has 0 heterocycles. The molecule has 2 aromatic rings. The first-order chi connectivity index (χ1) is 16.2. The Hall–Kier alpha value is -2.43. The number of carbonyl (C=O) groups is 2. The van der Waals surface area contributed by atoms with E-state index in [0.29, 0.717) is 27.4 Å². The number of hydrogen-bond acceptors (Lipinski definition) is 4. The Morgan fingerprint density at radius 1 is 1.06 bits per heavy atom. The molecule has 0 aliphatic rings. The third-order valence-corrected chi connectivity index (χ3v) is 7.12. The van der Waals surface area contributed by atoms with Crippen LogP contribution >= 0.6 is 23.2 Å². The average molecular weight is 550 g/mol. The van der Waals surface area contributed by atoms with Crippen molar-refractivity contribution in [1.82, 2.24) is 10.2 Å². The number of rotatable bonds is 10. The Bertz CT molecular complexity index is 1200. The summed E-state index contributed by atoms with van der Waals surface area (Å²) in [6.07, 6.45) is 1.49. The summed E-state index contributed by atoms with van der Waals surface area (Å²) in [7, 11) is -4.08. The molecule has 0 saturated heterocycles. The monoisotopic (exact) mass is 549 g/mol. The molecule has 0 radical (unpaired) electrons. The molecule has 2 rings (SSSR count). The van der Waals surface area contributed by atoms with Gasteiger partial charge >= 0.3 is 0 Å². The Morgan fingerprint density at radius 3 is 2.26 bits per heavy atom. The van der Waals surface area contributed by atoms with Gasteiger partial charge in [0.05, 0.1) is 11.9 Å². The molecule has 2 aromatic carbocycles. The van der Waals surface area contributed by atoms with Crippen molar-refractivity contribution in [3.8, 4) is 0 Å². The highest BCUT2D eigenvalue weighted by atomic mass is 35.5. The highest BCUT2D eigenvalue weighted by molar-refractivity contribution is 7.92. The van der Waals surface area contributed by atoms with E-state index in [9.17, 15) is 26.8 Å². The van der Waals surface area contributed by atoms with Crippen LogP contribution in [0.4, 0.5) is 14.5 Å². The third-order valence-electron chi connectivity index (χ3n) is 5.39. The summed E-state index contributed by atoms with van der Waals surface area (Å²) in [5, 5.41) is 3.42. The maximum absolute atomic E-state index is 13.8. The summed E-state index contributed by atoms with van der Waals surface area (Å²) < 4.78 is 52.8. The van der Waals surface area contributed by atoms with Gasteiger partial charge in [-0.3, -0.25) is 13.9 Å². The van der Waals surface area contributed by atoms with Crippen LogP contribution in [0.1, 0.15) is 32.8 Å². The minimum absolute atomic E-state index is 0.126.